The van der Waals surface area contributed by atoms with Gasteiger partial charge in [0.2, 0.25) is 0 Å². The number of hydrogen-bond acceptors (Lipinski definition) is 4. The van der Waals surface area contributed by atoms with Gasteiger partial charge in [-0.2, -0.15) is 0 Å². The Morgan fingerprint density at radius 1 is 0.960 bits per heavy atom. The average molecular weight is 375 g/mol. The maximum absolute atomic E-state index is 11.8. The lowest BCUT2D eigenvalue weighted by Crippen LogP contribution is -2.52. The van der Waals surface area contributed by atoms with E-state index in [1.807, 2.05) is 36.4 Å². The summed E-state index contributed by atoms with van der Waals surface area (Å²) in [5.41, 5.74) is 1.37. The minimum atomic E-state index is -0.934. The first-order valence-corrected chi connectivity index (χ1v) is 9.55. The van der Waals surface area contributed by atoms with Crippen LogP contribution < -0.4 is 0 Å². The maximum Gasteiger partial charge on any atom is 0.161 e. The van der Waals surface area contributed by atoms with Crippen molar-refractivity contribution in [3.8, 4) is 0 Å². The fourth-order valence-electron chi connectivity index (χ4n) is 3.73. The Kier molecular flexibility index (Phi) is 5.72. The lowest BCUT2D eigenvalue weighted by molar-refractivity contribution is -0.0552. The first-order valence-electron chi connectivity index (χ1n) is 8.56. The highest BCUT2D eigenvalue weighted by atomic mass is 35.5. The van der Waals surface area contributed by atoms with E-state index in [1.54, 1.807) is 11.8 Å². The minimum Gasteiger partial charge on any atom is -0.369 e. The Morgan fingerprint density at radius 2 is 1.56 bits per heavy atom. The van der Waals surface area contributed by atoms with Gasteiger partial charge in [0.25, 0.3) is 0 Å². The van der Waals surface area contributed by atoms with Crippen molar-refractivity contribution in [2.45, 2.75) is 24.5 Å². The van der Waals surface area contributed by atoms with Gasteiger partial charge >= 0.3 is 0 Å². The summed E-state index contributed by atoms with van der Waals surface area (Å²) in [4.78, 5) is 6.84. The Labute approximate surface area is 159 Å². The minimum absolute atomic E-state index is 0. The third-order valence-electron chi connectivity index (χ3n) is 4.88. The van der Waals surface area contributed by atoms with Crippen LogP contribution >= 0.6 is 24.2 Å². The number of benzene rings is 2. The SMILES string of the molecule is Cl.OC1(C(c2ccccc2)c2ccccc2)CSC2=NCCCCN21. The summed E-state index contributed by atoms with van der Waals surface area (Å²) in [6, 6.07) is 20.7. The molecule has 1 saturated heterocycles. The molecule has 1 fully saturated rings. The van der Waals surface area contributed by atoms with Gasteiger partial charge in [0.1, 0.15) is 0 Å². The molecule has 0 radical (unpaired) electrons. The molecule has 0 aliphatic carbocycles. The van der Waals surface area contributed by atoms with Crippen LogP contribution in [0.15, 0.2) is 65.7 Å². The van der Waals surface area contributed by atoms with Crippen LogP contribution in [0.1, 0.15) is 29.9 Å². The lowest BCUT2D eigenvalue weighted by atomic mass is 9.82. The number of nitrogens with zero attached hydrogens (tertiary/aromatic N) is 2. The highest BCUT2D eigenvalue weighted by molar-refractivity contribution is 8.14. The summed E-state index contributed by atoms with van der Waals surface area (Å²) in [6.45, 7) is 1.74. The summed E-state index contributed by atoms with van der Waals surface area (Å²) in [5, 5.41) is 12.8. The number of aliphatic hydroxyl groups is 1. The summed E-state index contributed by atoms with van der Waals surface area (Å²) in [6.07, 6.45) is 2.17. The summed E-state index contributed by atoms with van der Waals surface area (Å²) in [5.74, 6) is 0.568. The van der Waals surface area contributed by atoms with E-state index in [0.717, 1.165) is 42.2 Å². The van der Waals surface area contributed by atoms with Crippen LogP contribution in [0.4, 0.5) is 0 Å². The molecule has 1 atom stereocenters. The van der Waals surface area contributed by atoms with Crippen LogP contribution in [0.25, 0.3) is 0 Å². The monoisotopic (exact) mass is 374 g/mol. The number of halogens is 1. The van der Waals surface area contributed by atoms with Crippen LogP contribution in [0, 0.1) is 0 Å². The van der Waals surface area contributed by atoms with Crippen molar-refractivity contribution in [2.75, 3.05) is 18.8 Å². The number of fused-ring (bicyclic) bond motifs is 1. The summed E-state index contributed by atoms with van der Waals surface area (Å²) < 4.78 is 0. The van der Waals surface area contributed by atoms with Crippen molar-refractivity contribution in [1.82, 2.24) is 4.90 Å². The van der Waals surface area contributed by atoms with E-state index in [-0.39, 0.29) is 18.3 Å². The Hall–Kier alpha value is -1.49. The van der Waals surface area contributed by atoms with Gasteiger partial charge in [-0.25, -0.2) is 0 Å². The van der Waals surface area contributed by atoms with Crippen LogP contribution in [0.2, 0.25) is 0 Å². The highest BCUT2D eigenvalue weighted by Gasteiger charge is 2.50. The molecule has 2 aromatic rings. The third-order valence-corrected chi connectivity index (χ3v) is 6.05. The molecule has 1 N–H and O–H groups in total. The van der Waals surface area contributed by atoms with Crippen molar-refractivity contribution in [1.29, 1.82) is 0 Å². The van der Waals surface area contributed by atoms with Gasteiger partial charge in [0, 0.05) is 18.8 Å². The van der Waals surface area contributed by atoms with E-state index >= 15 is 0 Å². The van der Waals surface area contributed by atoms with Gasteiger partial charge in [-0.05, 0) is 24.0 Å². The number of amidine groups is 1. The smallest absolute Gasteiger partial charge is 0.161 e. The fourth-order valence-corrected chi connectivity index (χ4v) is 4.98. The molecule has 2 aliphatic rings. The second kappa shape index (κ2) is 7.81. The molecule has 0 spiro atoms. The van der Waals surface area contributed by atoms with Crippen LogP contribution in [-0.4, -0.2) is 39.7 Å². The molecule has 25 heavy (non-hydrogen) atoms. The number of hydrogen-bond donors (Lipinski definition) is 1. The molecule has 5 heteroatoms. The predicted molar refractivity (Wildman–Crippen MR) is 108 cm³/mol. The molecule has 1 unspecified atom stereocenters. The molecule has 132 valence electrons. The first kappa shape index (κ1) is 18.3. The van der Waals surface area contributed by atoms with E-state index in [0.29, 0.717) is 5.75 Å². The van der Waals surface area contributed by atoms with Crippen LogP contribution in [0.5, 0.6) is 0 Å². The van der Waals surface area contributed by atoms with Crippen molar-refractivity contribution in [2.24, 2.45) is 4.99 Å². The largest absolute Gasteiger partial charge is 0.369 e. The zero-order chi connectivity index (χ0) is 16.4. The number of rotatable bonds is 3. The normalized spacial score (nSPS) is 22.8. The molecule has 4 rings (SSSR count). The number of aliphatic imine (C=N–C) groups is 1. The molecule has 0 bridgehead atoms. The zero-order valence-corrected chi connectivity index (χ0v) is 15.7. The van der Waals surface area contributed by atoms with Gasteiger partial charge in [-0.15, -0.1) is 12.4 Å². The third kappa shape index (κ3) is 3.43. The maximum atomic E-state index is 11.8. The average Bonchev–Trinajstić information content (AvgIpc) is 2.80. The second-order valence-electron chi connectivity index (χ2n) is 6.44. The Morgan fingerprint density at radius 3 is 2.16 bits per heavy atom. The van der Waals surface area contributed by atoms with E-state index in [1.165, 1.54) is 0 Å². The van der Waals surface area contributed by atoms with Crippen molar-refractivity contribution in [3.05, 3.63) is 71.8 Å². The van der Waals surface area contributed by atoms with Gasteiger partial charge in [0.15, 0.2) is 10.9 Å². The molecule has 0 saturated carbocycles. The summed E-state index contributed by atoms with van der Waals surface area (Å²) >= 11 is 1.69. The van der Waals surface area contributed by atoms with Gasteiger partial charge in [0.05, 0.1) is 5.92 Å². The van der Waals surface area contributed by atoms with Crippen LogP contribution in [0.3, 0.4) is 0 Å². The zero-order valence-electron chi connectivity index (χ0n) is 14.0. The second-order valence-corrected chi connectivity index (χ2v) is 7.39. The fraction of sp³-hybridized carbons (Fsp3) is 0.350. The molecule has 2 heterocycles. The quantitative estimate of drug-likeness (QED) is 0.877. The van der Waals surface area contributed by atoms with E-state index in [4.69, 9.17) is 4.99 Å². The first-order chi connectivity index (χ1) is 11.8. The van der Waals surface area contributed by atoms with Crippen LogP contribution in [-0.2, 0) is 0 Å². The van der Waals surface area contributed by atoms with E-state index in [9.17, 15) is 5.11 Å². The predicted octanol–water partition coefficient (Wildman–Crippen LogP) is 4.13. The van der Waals surface area contributed by atoms with Crippen molar-refractivity contribution in [3.63, 3.8) is 0 Å². The topological polar surface area (TPSA) is 35.8 Å². The highest BCUT2D eigenvalue weighted by Crippen LogP contribution is 2.45. The molecule has 0 amide bonds. The Balaban J connectivity index is 0.00000182. The van der Waals surface area contributed by atoms with Gasteiger partial charge < -0.3 is 10.0 Å². The molecular weight excluding hydrogens is 352 g/mol. The van der Waals surface area contributed by atoms with Gasteiger partial charge in [-0.3, -0.25) is 4.99 Å². The van der Waals surface area contributed by atoms with Crippen molar-refractivity contribution >= 4 is 29.3 Å². The van der Waals surface area contributed by atoms with E-state index < -0.39 is 5.72 Å². The lowest BCUT2D eigenvalue weighted by Gasteiger charge is -2.40. The molecule has 2 aliphatic heterocycles. The molecule has 0 aromatic heterocycles. The molecular formula is C20H23ClN2OS. The Bertz CT molecular complexity index is 685. The molecule has 2 aromatic carbocycles. The van der Waals surface area contributed by atoms with Gasteiger partial charge in [-0.1, -0.05) is 72.4 Å². The summed E-state index contributed by atoms with van der Waals surface area (Å²) in [7, 11) is 0. The van der Waals surface area contributed by atoms with E-state index in [2.05, 4.69) is 29.2 Å². The van der Waals surface area contributed by atoms with Crippen molar-refractivity contribution < 1.29 is 5.11 Å². The number of thioether (sulfide) groups is 1. The standard InChI is InChI=1S/C20H22N2OS.ClH/c23-20(15-24-19-21-13-7-8-14-22(19)20)18(16-9-3-1-4-10-16)17-11-5-2-6-12-17;/h1-6,9-12,18,23H,7-8,13-15H2;1H. The molecule has 3 nitrogen and oxygen atoms in total.